The summed E-state index contributed by atoms with van der Waals surface area (Å²) in [6, 6.07) is 0. The van der Waals surface area contributed by atoms with Crippen molar-refractivity contribution >= 4 is 69.5 Å². The van der Waals surface area contributed by atoms with E-state index >= 15 is 0 Å². The van der Waals surface area contributed by atoms with Gasteiger partial charge in [-0.25, -0.2) is 0 Å². The van der Waals surface area contributed by atoms with Crippen LogP contribution >= 0.6 is 63.7 Å². The SMILES string of the molecule is CC1(C)N(O)C(C)(C)C(Br)(Br)C(=O)C1(Br)Br. The first-order chi connectivity index (χ1) is 6.81. The van der Waals surface area contributed by atoms with Gasteiger partial charge in [-0.3, -0.25) is 4.79 Å². The van der Waals surface area contributed by atoms with Gasteiger partial charge in [-0.1, -0.05) is 63.7 Å². The van der Waals surface area contributed by atoms with E-state index in [1.165, 1.54) is 5.06 Å². The zero-order valence-corrected chi connectivity index (χ0v) is 15.7. The molecule has 1 aliphatic rings. The molecule has 0 atom stereocenters. The predicted octanol–water partition coefficient (Wildman–Crippen LogP) is 3.79. The fraction of sp³-hybridized carbons (Fsp3) is 0.889. The van der Waals surface area contributed by atoms with Crippen LogP contribution in [0.1, 0.15) is 27.7 Å². The lowest BCUT2D eigenvalue weighted by Gasteiger charge is -2.58. The van der Waals surface area contributed by atoms with Crippen LogP contribution in [0.4, 0.5) is 0 Å². The largest absolute Gasteiger partial charge is 0.313 e. The molecule has 1 saturated heterocycles. The minimum Gasteiger partial charge on any atom is -0.313 e. The Hall–Kier alpha value is 1.51. The van der Waals surface area contributed by atoms with Gasteiger partial charge in [-0.05, 0) is 27.7 Å². The Kier molecular flexibility index (Phi) is 3.89. The Labute approximate surface area is 129 Å². The number of nitrogens with zero attached hydrogens (tertiary/aromatic N) is 1. The Morgan fingerprint density at radius 1 is 0.938 bits per heavy atom. The molecule has 1 fully saturated rings. The van der Waals surface area contributed by atoms with Crippen molar-refractivity contribution in [3.05, 3.63) is 0 Å². The second-order valence-electron chi connectivity index (χ2n) is 4.91. The zero-order chi connectivity index (χ0) is 13.2. The van der Waals surface area contributed by atoms with E-state index in [9.17, 15) is 10.0 Å². The quantitative estimate of drug-likeness (QED) is 0.530. The summed E-state index contributed by atoms with van der Waals surface area (Å²) >= 11 is 13.4. The van der Waals surface area contributed by atoms with Crippen LogP contribution in [0.25, 0.3) is 0 Å². The summed E-state index contributed by atoms with van der Waals surface area (Å²) in [6.07, 6.45) is 0. The van der Waals surface area contributed by atoms with Crippen molar-refractivity contribution in [2.75, 3.05) is 0 Å². The molecule has 1 heterocycles. The van der Waals surface area contributed by atoms with Gasteiger partial charge in [0, 0.05) is 0 Å². The molecule has 16 heavy (non-hydrogen) atoms. The van der Waals surface area contributed by atoms with E-state index in [1.807, 2.05) is 0 Å². The van der Waals surface area contributed by atoms with Gasteiger partial charge in [0.2, 0.25) is 0 Å². The van der Waals surface area contributed by atoms with Crippen LogP contribution in [0, 0.1) is 0 Å². The summed E-state index contributed by atoms with van der Waals surface area (Å²) in [5.74, 6) is -0.125. The highest BCUT2D eigenvalue weighted by atomic mass is 79.9. The van der Waals surface area contributed by atoms with Crippen molar-refractivity contribution in [1.29, 1.82) is 0 Å². The standard InChI is InChI=1S/C9H13Br4NO2/c1-6(2)8(10,11)5(15)9(12,13)7(3,4)14(6)16/h16H,1-4H3. The molecule has 1 aliphatic heterocycles. The molecular formula is C9H13Br4NO2. The number of hydroxylamine groups is 2. The molecule has 3 nitrogen and oxygen atoms in total. The van der Waals surface area contributed by atoms with Gasteiger partial charge < -0.3 is 5.21 Å². The molecule has 0 aromatic rings. The molecule has 0 radical (unpaired) electrons. The van der Waals surface area contributed by atoms with E-state index in [0.717, 1.165) is 0 Å². The molecule has 0 amide bonds. The van der Waals surface area contributed by atoms with Gasteiger partial charge in [0.05, 0.1) is 11.1 Å². The molecule has 0 aromatic heterocycles. The Balaban J connectivity index is 3.45. The van der Waals surface area contributed by atoms with Crippen molar-refractivity contribution < 1.29 is 10.0 Å². The first-order valence-electron chi connectivity index (χ1n) is 4.61. The van der Waals surface area contributed by atoms with Crippen LogP contribution in [0.3, 0.4) is 0 Å². The summed E-state index contributed by atoms with van der Waals surface area (Å²) in [5, 5.41) is 11.5. The molecular weight excluding hydrogens is 474 g/mol. The second-order valence-corrected chi connectivity index (χ2v) is 11.8. The molecule has 0 aromatic carbocycles. The third-order valence-electron chi connectivity index (χ3n) is 3.17. The lowest BCUT2D eigenvalue weighted by atomic mass is 9.80. The number of rotatable bonds is 0. The van der Waals surface area contributed by atoms with E-state index in [0.29, 0.717) is 0 Å². The summed E-state index contributed by atoms with van der Waals surface area (Å²) in [7, 11) is 0. The van der Waals surface area contributed by atoms with Gasteiger partial charge in [-0.15, -0.1) is 0 Å². The van der Waals surface area contributed by atoms with Crippen LogP contribution in [-0.4, -0.2) is 33.6 Å². The van der Waals surface area contributed by atoms with Crippen LogP contribution in [0.5, 0.6) is 0 Å². The van der Waals surface area contributed by atoms with Crippen LogP contribution < -0.4 is 0 Å². The Morgan fingerprint density at radius 3 is 1.44 bits per heavy atom. The molecule has 0 unspecified atom stereocenters. The normalized spacial score (nSPS) is 31.4. The summed E-state index contributed by atoms with van der Waals surface area (Å²) in [6.45, 7) is 7.13. The summed E-state index contributed by atoms with van der Waals surface area (Å²) < 4.78 is -2.07. The Bertz CT molecular complexity index is 308. The predicted molar refractivity (Wildman–Crippen MR) is 78.0 cm³/mol. The van der Waals surface area contributed by atoms with Crippen LogP contribution in [-0.2, 0) is 4.79 Å². The number of alkyl halides is 4. The van der Waals surface area contributed by atoms with Gasteiger partial charge in [0.15, 0.2) is 12.3 Å². The highest BCUT2D eigenvalue weighted by Gasteiger charge is 2.69. The van der Waals surface area contributed by atoms with E-state index in [-0.39, 0.29) is 5.78 Å². The fourth-order valence-corrected chi connectivity index (χ4v) is 4.64. The van der Waals surface area contributed by atoms with Gasteiger partial charge in [0.25, 0.3) is 0 Å². The van der Waals surface area contributed by atoms with E-state index in [2.05, 4.69) is 63.7 Å². The molecule has 0 spiro atoms. The highest BCUT2D eigenvalue weighted by Crippen LogP contribution is 2.58. The van der Waals surface area contributed by atoms with Crippen molar-refractivity contribution in [3.63, 3.8) is 0 Å². The zero-order valence-electron chi connectivity index (χ0n) is 9.31. The topological polar surface area (TPSA) is 40.5 Å². The number of hydrogen-bond acceptors (Lipinski definition) is 3. The number of ketones is 1. The third kappa shape index (κ3) is 1.72. The molecule has 1 rings (SSSR count). The summed E-state index contributed by atoms with van der Waals surface area (Å²) in [5.41, 5.74) is -1.59. The average molecular weight is 487 g/mol. The second kappa shape index (κ2) is 4.00. The lowest BCUT2D eigenvalue weighted by Crippen LogP contribution is -2.76. The van der Waals surface area contributed by atoms with E-state index < -0.39 is 17.5 Å². The van der Waals surface area contributed by atoms with Crippen LogP contribution in [0.15, 0.2) is 0 Å². The monoisotopic (exact) mass is 483 g/mol. The first kappa shape index (κ1) is 15.6. The molecule has 0 aliphatic carbocycles. The van der Waals surface area contributed by atoms with Crippen molar-refractivity contribution in [1.82, 2.24) is 5.06 Å². The van der Waals surface area contributed by atoms with Crippen molar-refractivity contribution in [2.45, 2.75) is 45.2 Å². The molecule has 1 N–H and O–H groups in total. The minimum atomic E-state index is -1.04. The van der Waals surface area contributed by atoms with Crippen molar-refractivity contribution in [2.24, 2.45) is 0 Å². The van der Waals surface area contributed by atoms with Gasteiger partial charge >= 0.3 is 0 Å². The molecule has 94 valence electrons. The van der Waals surface area contributed by atoms with Crippen LogP contribution in [0.2, 0.25) is 0 Å². The number of carbonyl (C=O) groups excluding carboxylic acids is 1. The number of halogens is 4. The molecule has 0 bridgehead atoms. The van der Waals surface area contributed by atoms with Crippen molar-refractivity contribution in [3.8, 4) is 0 Å². The number of carbonyl (C=O) groups is 1. The minimum absolute atomic E-state index is 0.125. The maximum atomic E-state index is 12.4. The third-order valence-corrected chi connectivity index (χ3v) is 8.49. The Morgan fingerprint density at radius 2 is 1.19 bits per heavy atom. The number of Topliss-reactive ketones (excluding diaryl/α,β-unsaturated/α-hetero) is 1. The average Bonchev–Trinajstić information content (AvgIpc) is 2.13. The van der Waals surface area contributed by atoms with Gasteiger partial charge in [0.1, 0.15) is 0 Å². The maximum absolute atomic E-state index is 12.4. The van der Waals surface area contributed by atoms with E-state index in [4.69, 9.17) is 0 Å². The highest BCUT2D eigenvalue weighted by molar-refractivity contribution is 9.27. The first-order valence-corrected chi connectivity index (χ1v) is 7.78. The fourth-order valence-electron chi connectivity index (χ4n) is 1.72. The summed E-state index contributed by atoms with van der Waals surface area (Å²) in [4.78, 5) is 12.4. The van der Waals surface area contributed by atoms with E-state index in [1.54, 1.807) is 27.7 Å². The molecule has 7 heteroatoms. The lowest BCUT2D eigenvalue weighted by molar-refractivity contribution is -0.236. The number of piperidine rings is 1. The molecule has 0 saturated carbocycles. The number of hydrogen-bond donors (Lipinski definition) is 1. The smallest absolute Gasteiger partial charge is 0.191 e. The van der Waals surface area contributed by atoms with Gasteiger partial charge in [-0.2, -0.15) is 5.06 Å². The maximum Gasteiger partial charge on any atom is 0.191 e.